The molecule has 1 aliphatic carbocycles. The lowest BCUT2D eigenvalue weighted by Gasteiger charge is -2.45. The minimum Gasteiger partial charge on any atom is -0.447 e. The Morgan fingerprint density at radius 1 is 1.19 bits per heavy atom. The summed E-state index contributed by atoms with van der Waals surface area (Å²) in [5.41, 5.74) is -4.22. The van der Waals surface area contributed by atoms with E-state index in [1.54, 1.807) is 0 Å². The fourth-order valence-corrected chi connectivity index (χ4v) is 3.01. The summed E-state index contributed by atoms with van der Waals surface area (Å²) in [5.74, 6) is -1.85. The molecule has 1 fully saturated rings. The molecule has 1 saturated heterocycles. The van der Waals surface area contributed by atoms with Crippen molar-refractivity contribution in [3.05, 3.63) is 12.2 Å². The Labute approximate surface area is 116 Å². The van der Waals surface area contributed by atoms with Gasteiger partial charge in [-0.2, -0.15) is 26.3 Å². The molecule has 0 aromatic heterocycles. The third-order valence-electron chi connectivity index (χ3n) is 3.71. The molecular weight excluding hydrogens is 304 g/mol. The van der Waals surface area contributed by atoms with Crippen molar-refractivity contribution in [1.29, 1.82) is 0 Å². The molecule has 0 aromatic carbocycles. The van der Waals surface area contributed by atoms with Crippen LogP contribution in [0.3, 0.4) is 0 Å². The van der Waals surface area contributed by atoms with Crippen molar-refractivity contribution in [1.82, 2.24) is 4.90 Å². The molecule has 0 saturated carbocycles. The number of fused-ring (bicyclic) bond motifs is 2. The SMILES string of the molecule is CC(C)OC(=O)N1C2C=CC(C2)C1(C(F)(F)F)C(F)(F)F. The molecule has 2 bridgehead atoms. The Bertz CT molecular complexity index is 453. The van der Waals surface area contributed by atoms with Crippen LogP contribution in [0.5, 0.6) is 0 Å². The van der Waals surface area contributed by atoms with Gasteiger partial charge in [0, 0.05) is 5.92 Å². The zero-order valence-corrected chi connectivity index (χ0v) is 11.1. The van der Waals surface area contributed by atoms with Crippen LogP contribution in [0.4, 0.5) is 31.1 Å². The van der Waals surface area contributed by atoms with Crippen LogP contribution in [-0.2, 0) is 4.74 Å². The number of alkyl halides is 6. The van der Waals surface area contributed by atoms with Crippen LogP contribution in [0.2, 0.25) is 0 Å². The third-order valence-corrected chi connectivity index (χ3v) is 3.71. The summed E-state index contributed by atoms with van der Waals surface area (Å²) in [5, 5.41) is 0. The first kappa shape index (κ1) is 16.0. The average Bonchev–Trinajstić information content (AvgIpc) is 2.82. The lowest BCUT2D eigenvalue weighted by atomic mass is 9.83. The van der Waals surface area contributed by atoms with Crippen LogP contribution in [0.15, 0.2) is 12.2 Å². The van der Waals surface area contributed by atoms with Gasteiger partial charge >= 0.3 is 18.4 Å². The maximum atomic E-state index is 13.3. The number of amides is 1. The van der Waals surface area contributed by atoms with Crippen molar-refractivity contribution in [3.63, 3.8) is 0 Å². The topological polar surface area (TPSA) is 29.5 Å². The second kappa shape index (κ2) is 4.54. The molecule has 1 amide bonds. The summed E-state index contributed by atoms with van der Waals surface area (Å²) in [6.07, 6.45) is -12.1. The fourth-order valence-electron chi connectivity index (χ4n) is 3.01. The molecule has 2 aliphatic rings. The molecule has 0 spiro atoms. The molecule has 2 rings (SSSR count). The van der Waals surface area contributed by atoms with Gasteiger partial charge in [-0.25, -0.2) is 4.79 Å². The first-order chi connectivity index (χ1) is 9.43. The smallest absolute Gasteiger partial charge is 0.421 e. The van der Waals surface area contributed by atoms with Gasteiger partial charge in [-0.05, 0) is 20.3 Å². The Morgan fingerprint density at radius 2 is 1.71 bits per heavy atom. The average molecular weight is 317 g/mol. The van der Waals surface area contributed by atoms with E-state index >= 15 is 0 Å². The number of nitrogens with zero attached hydrogens (tertiary/aromatic N) is 1. The number of hydrogen-bond acceptors (Lipinski definition) is 2. The van der Waals surface area contributed by atoms with Gasteiger partial charge in [0.05, 0.1) is 12.1 Å². The zero-order valence-electron chi connectivity index (χ0n) is 11.1. The van der Waals surface area contributed by atoms with Crippen molar-refractivity contribution in [2.24, 2.45) is 5.92 Å². The minimum absolute atomic E-state index is 0.197. The van der Waals surface area contributed by atoms with Gasteiger partial charge in [-0.3, -0.25) is 4.90 Å². The first-order valence-electron chi connectivity index (χ1n) is 6.24. The molecule has 0 N–H and O–H groups in total. The lowest BCUT2D eigenvalue weighted by Crippen LogP contribution is -2.70. The van der Waals surface area contributed by atoms with Gasteiger partial charge in [0.1, 0.15) is 0 Å². The highest BCUT2D eigenvalue weighted by Crippen LogP contribution is 2.60. The molecule has 21 heavy (non-hydrogen) atoms. The summed E-state index contributed by atoms with van der Waals surface area (Å²) in [6, 6.07) is -1.26. The number of ether oxygens (including phenoxy) is 1. The Balaban J connectivity index is 2.56. The maximum Gasteiger partial charge on any atom is 0.421 e. The van der Waals surface area contributed by atoms with Gasteiger partial charge in [0.15, 0.2) is 0 Å². The van der Waals surface area contributed by atoms with Crippen LogP contribution in [0.25, 0.3) is 0 Å². The van der Waals surface area contributed by atoms with E-state index < -0.39 is 48.5 Å². The van der Waals surface area contributed by atoms with E-state index in [9.17, 15) is 31.1 Å². The normalized spacial score (nSPS) is 27.6. The van der Waals surface area contributed by atoms with Crippen molar-refractivity contribution >= 4 is 6.09 Å². The second-order valence-electron chi connectivity index (χ2n) is 5.36. The minimum atomic E-state index is -5.65. The van der Waals surface area contributed by atoms with E-state index in [0.717, 1.165) is 6.08 Å². The molecule has 3 nitrogen and oxygen atoms in total. The maximum absolute atomic E-state index is 13.3. The first-order valence-corrected chi connectivity index (χ1v) is 6.24. The number of rotatable bonds is 1. The molecule has 2 unspecified atom stereocenters. The van der Waals surface area contributed by atoms with E-state index in [1.165, 1.54) is 19.9 Å². The second-order valence-corrected chi connectivity index (χ2v) is 5.36. The van der Waals surface area contributed by atoms with Crippen molar-refractivity contribution < 1.29 is 35.9 Å². The van der Waals surface area contributed by atoms with Gasteiger partial charge in [0.2, 0.25) is 5.54 Å². The highest BCUT2D eigenvalue weighted by Gasteiger charge is 2.82. The lowest BCUT2D eigenvalue weighted by molar-refractivity contribution is -0.338. The van der Waals surface area contributed by atoms with E-state index in [0.29, 0.717) is 0 Å². The zero-order chi connectivity index (χ0) is 16.2. The number of carbonyl (C=O) groups is 1. The largest absolute Gasteiger partial charge is 0.447 e. The van der Waals surface area contributed by atoms with E-state index in [4.69, 9.17) is 0 Å². The molecular formula is C12H13F6NO2. The third kappa shape index (κ3) is 2.08. The number of halogens is 6. The monoisotopic (exact) mass is 317 g/mol. The van der Waals surface area contributed by atoms with Crippen molar-refractivity contribution in [3.8, 4) is 0 Å². The highest BCUT2D eigenvalue weighted by atomic mass is 19.4. The van der Waals surface area contributed by atoms with Gasteiger partial charge in [-0.15, -0.1) is 0 Å². The summed E-state index contributed by atoms with van der Waals surface area (Å²) >= 11 is 0. The van der Waals surface area contributed by atoms with E-state index in [2.05, 4.69) is 4.74 Å². The number of carbonyl (C=O) groups excluding carboxylic acids is 1. The summed E-state index contributed by atoms with van der Waals surface area (Å²) in [7, 11) is 0. The van der Waals surface area contributed by atoms with Crippen LogP contribution in [0, 0.1) is 5.92 Å². The highest BCUT2D eigenvalue weighted by molar-refractivity contribution is 5.72. The van der Waals surface area contributed by atoms with E-state index in [1.807, 2.05) is 0 Å². The van der Waals surface area contributed by atoms with Crippen LogP contribution in [0.1, 0.15) is 20.3 Å². The number of hydrogen-bond donors (Lipinski definition) is 0. The van der Waals surface area contributed by atoms with E-state index in [-0.39, 0.29) is 4.90 Å². The van der Waals surface area contributed by atoms with Crippen molar-refractivity contribution in [2.75, 3.05) is 0 Å². The number of likely N-dealkylation sites (tertiary alicyclic amines) is 1. The molecule has 120 valence electrons. The summed E-state index contributed by atoms with van der Waals surface area (Å²) in [6.45, 7) is 2.70. The predicted molar refractivity (Wildman–Crippen MR) is 59.3 cm³/mol. The molecule has 0 aromatic rings. The molecule has 0 radical (unpaired) electrons. The summed E-state index contributed by atoms with van der Waals surface area (Å²) < 4.78 is 84.5. The van der Waals surface area contributed by atoms with Crippen LogP contribution in [-0.4, -0.2) is 41.0 Å². The van der Waals surface area contributed by atoms with Crippen molar-refractivity contribution in [2.45, 2.75) is 50.3 Å². The fraction of sp³-hybridized carbons (Fsp3) is 0.750. The summed E-state index contributed by atoms with van der Waals surface area (Å²) in [4.78, 5) is 11.6. The van der Waals surface area contributed by atoms with Crippen LogP contribution < -0.4 is 0 Å². The molecule has 2 atom stereocenters. The Hall–Kier alpha value is -1.41. The van der Waals surface area contributed by atoms with Gasteiger partial charge < -0.3 is 4.74 Å². The molecule has 1 aliphatic heterocycles. The molecule has 9 heteroatoms. The quantitative estimate of drug-likeness (QED) is 0.546. The van der Waals surface area contributed by atoms with Crippen LogP contribution >= 0.6 is 0 Å². The molecule has 1 heterocycles. The van der Waals surface area contributed by atoms with Gasteiger partial charge in [-0.1, -0.05) is 12.2 Å². The predicted octanol–water partition coefficient (Wildman–Crippen LogP) is 3.66. The van der Waals surface area contributed by atoms with Gasteiger partial charge in [0.25, 0.3) is 0 Å². The Morgan fingerprint density at radius 3 is 2.14 bits per heavy atom. The standard InChI is InChI=1S/C12H13F6NO2/c1-6(2)21-9(20)19-8-4-3-7(5-8)10(19,11(13,14)15)12(16,17)18/h3-4,6-8H,5H2,1-2H3. The Kier molecular flexibility index (Phi) is 3.45.